The molecule has 0 amide bonds. The fourth-order valence-corrected chi connectivity index (χ4v) is 6.06. The Bertz CT molecular complexity index is 1670. The van der Waals surface area contributed by atoms with Crippen molar-refractivity contribution >= 4 is 23.1 Å². The van der Waals surface area contributed by atoms with E-state index in [0.29, 0.717) is 53.0 Å². The molecule has 49 heavy (non-hydrogen) atoms. The van der Waals surface area contributed by atoms with Crippen LogP contribution in [0.25, 0.3) is 5.57 Å². The lowest BCUT2D eigenvalue weighted by atomic mass is 9.77. The molecular weight excluding hydrogens is 648 g/mol. The van der Waals surface area contributed by atoms with Gasteiger partial charge >= 0.3 is 5.97 Å². The van der Waals surface area contributed by atoms with Crippen LogP contribution in [0.5, 0.6) is 11.5 Å². The Morgan fingerprint density at radius 1 is 1.18 bits per heavy atom. The largest absolute Gasteiger partial charge is 0.489 e. The first-order chi connectivity index (χ1) is 23.8. The third kappa shape index (κ3) is 9.45. The van der Waals surface area contributed by atoms with Gasteiger partial charge in [-0.2, -0.15) is 5.26 Å². The minimum absolute atomic E-state index is 0.0446. The average Bonchev–Trinajstić information content (AvgIpc) is 3.12. The molecule has 1 fully saturated rings. The number of morpholine rings is 1. The lowest BCUT2D eigenvalue weighted by molar-refractivity contribution is -0.140. The number of rotatable bonds is 16. The molecule has 3 atom stereocenters. The van der Waals surface area contributed by atoms with Crippen LogP contribution in [-0.4, -0.2) is 90.4 Å². The van der Waals surface area contributed by atoms with Crippen LogP contribution in [0.1, 0.15) is 29.2 Å². The number of benzene rings is 2. The Morgan fingerprint density at radius 2 is 1.98 bits per heavy atom. The molecule has 0 radical (unpaired) electrons. The maximum Gasteiger partial charge on any atom is 0.323 e. The lowest BCUT2D eigenvalue weighted by Crippen LogP contribution is -2.47. The predicted octanol–water partition coefficient (Wildman–Crippen LogP) is 4.48. The van der Waals surface area contributed by atoms with Crippen molar-refractivity contribution in [1.29, 1.82) is 5.26 Å². The Morgan fingerprint density at radius 3 is 2.71 bits per heavy atom. The number of nitriles is 1. The van der Waals surface area contributed by atoms with Crippen molar-refractivity contribution in [3.05, 3.63) is 106 Å². The highest BCUT2D eigenvalue weighted by molar-refractivity contribution is 6.32. The molecule has 3 N–H and O–H groups in total. The SMILES string of the molecule is CC1C(c2ccccc2)=CC=CC1(COc1cc(OCc2cncc(C#N)c2)c(CNC(CO)C(=O)O)cc1Cl)OCCN1CCOCC1. The van der Waals surface area contributed by atoms with Crippen molar-refractivity contribution in [3.8, 4) is 17.6 Å². The highest BCUT2D eigenvalue weighted by atomic mass is 35.5. The molecule has 12 heteroatoms. The van der Waals surface area contributed by atoms with Gasteiger partial charge in [-0.05, 0) is 29.3 Å². The van der Waals surface area contributed by atoms with Crippen molar-refractivity contribution in [2.24, 2.45) is 5.92 Å². The highest BCUT2D eigenvalue weighted by Crippen LogP contribution is 2.40. The van der Waals surface area contributed by atoms with E-state index in [-0.39, 0.29) is 25.7 Å². The zero-order valence-electron chi connectivity index (χ0n) is 27.4. The van der Waals surface area contributed by atoms with Crippen molar-refractivity contribution in [1.82, 2.24) is 15.2 Å². The van der Waals surface area contributed by atoms with E-state index in [0.717, 1.165) is 30.8 Å². The van der Waals surface area contributed by atoms with E-state index in [1.165, 1.54) is 6.20 Å². The molecule has 1 saturated heterocycles. The van der Waals surface area contributed by atoms with E-state index in [1.807, 2.05) is 30.4 Å². The number of carboxylic acid groups (broad SMARTS) is 1. The summed E-state index contributed by atoms with van der Waals surface area (Å²) in [6.45, 7) is 6.18. The second-order valence-electron chi connectivity index (χ2n) is 11.9. The van der Waals surface area contributed by atoms with Crippen molar-refractivity contribution in [2.75, 3.05) is 52.7 Å². The predicted molar refractivity (Wildman–Crippen MR) is 184 cm³/mol. The van der Waals surface area contributed by atoms with Gasteiger partial charge < -0.3 is 29.2 Å². The Kier molecular flexibility index (Phi) is 12.8. The molecular formula is C37H41ClN4O7. The molecule has 0 spiro atoms. The van der Waals surface area contributed by atoms with E-state index in [9.17, 15) is 20.3 Å². The number of hydrogen-bond acceptors (Lipinski definition) is 10. The molecule has 1 aliphatic heterocycles. The minimum Gasteiger partial charge on any atom is -0.489 e. The monoisotopic (exact) mass is 688 g/mol. The Labute approximate surface area is 291 Å². The summed E-state index contributed by atoms with van der Waals surface area (Å²) in [4.78, 5) is 18.0. The molecule has 1 aliphatic carbocycles. The second kappa shape index (κ2) is 17.4. The fraction of sp³-hybridized carbons (Fsp3) is 0.378. The molecule has 0 saturated carbocycles. The Balaban J connectivity index is 1.40. The standard InChI is InChI=1S/C37H41ClN4O7/c1-26-31(29-6-3-2-4-7-29)8-5-9-37(26,49-15-12-42-10-13-46-14-11-42)25-48-35-18-34(47-24-28-16-27(19-39)20-40-21-28)30(17-32(35)38)22-41-33(23-43)36(44)45/h2-9,16-18,20-21,26,33,41,43H,10-15,22-25H2,1H3,(H,44,45). The zero-order valence-corrected chi connectivity index (χ0v) is 28.1. The van der Waals surface area contributed by atoms with Crippen LogP contribution < -0.4 is 14.8 Å². The molecule has 3 aromatic rings. The Hall–Kier alpha value is -4.28. The second-order valence-corrected chi connectivity index (χ2v) is 12.3. The zero-order chi connectivity index (χ0) is 34.6. The number of aliphatic hydroxyl groups excluding tert-OH is 1. The van der Waals surface area contributed by atoms with Gasteiger partial charge in [0.15, 0.2) is 0 Å². The van der Waals surface area contributed by atoms with Gasteiger partial charge in [0.1, 0.15) is 42.4 Å². The number of allylic oxidation sites excluding steroid dienone is 2. The van der Waals surface area contributed by atoms with Gasteiger partial charge in [0.2, 0.25) is 0 Å². The number of carboxylic acids is 1. The van der Waals surface area contributed by atoms with E-state index >= 15 is 0 Å². The van der Waals surface area contributed by atoms with Crippen LogP contribution >= 0.6 is 11.6 Å². The third-order valence-electron chi connectivity index (χ3n) is 8.75. The quantitative estimate of drug-likeness (QED) is 0.196. The first-order valence-electron chi connectivity index (χ1n) is 16.2. The lowest BCUT2D eigenvalue weighted by Gasteiger charge is -2.40. The molecule has 5 rings (SSSR count). The molecule has 2 aliphatic rings. The molecule has 258 valence electrons. The maximum absolute atomic E-state index is 11.5. The number of halogens is 1. The number of nitrogens with one attached hydrogen (secondary N) is 1. The summed E-state index contributed by atoms with van der Waals surface area (Å²) in [5.41, 5.74) is 3.02. The number of aromatic nitrogens is 1. The van der Waals surface area contributed by atoms with Gasteiger partial charge in [-0.15, -0.1) is 0 Å². The van der Waals surface area contributed by atoms with Gasteiger partial charge in [-0.25, -0.2) is 0 Å². The number of ether oxygens (including phenoxy) is 4. The van der Waals surface area contributed by atoms with Gasteiger partial charge in [0, 0.05) is 61.7 Å². The van der Waals surface area contributed by atoms with E-state index < -0.39 is 24.2 Å². The molecule has 0 bridgehead atoms. The van der Waals surface area contributed by atoms with E-state index in [1.54, 1.807) is 24.4 Å². The number of aliphatic hydroxyl groups is 1. The van der Waals surface area contributed by atoms with Crippen LogP contribution in [0.15, 0.2) is 79.2 Å². The number of hydrogen-bond donors (Lipinski definition) is 3. The van der Waals surface area contributed by atoms with Crippen LogP contribution in [0.4, 0.5) is 0 Å². The molecule has 11 nitrogen and oxygen atoms in total. The van der Waals surface area contributed by atoms with E-state index in [2.05, 4.69) is 46.4 Å². The minimum atomic E-state index is -1.19. The fourth-order valence-electron chi connectivity index (χ4n) is 5.82. The van der Waals surface area contributed by atoms with Gasteiger partial charge in [0.25, 0.3) is 0 Å². The van der Waals surface area contributed by atoms with Crippen molar-refractivity contribution in [2.45, 2.75) is 31.7 Å². The smallest absolute Gasteiger partial charge is 0.323 e. The first kappa shape index (κ1) is 36.0. The van der Waals surface area contributed by atoms with Crippen LogP contribution in [0.2, 0.25) is 5.02 Å². The molecule has 1 aromatic heterocycles. The van der Waals surface area contributed by atoms with Crippen LogP contribution in [0.3, 0.4) is 0 Å². The summed E-state index contributed by atoms with van der Waals surface area (Å²) >= 11 is 6.79. The topological polar surface area (TPSA) is 146 Å². The molecule has 2 aromatic carbocycles. The molecule has 2 heterocycles. The van der Waals surface area contributed by atoms with Crippen LogP contribution in [-0.2, 0) is 27.4 Å². The van der Waals surface area contributed by atoms with Crippen LogP contribution in [0, 0.1) is 17.2 Å². The number of pyridine rings is 1. The summed E-state index contributed by atoms with van der Waals surface area (Å²) in [5.74, 6) is -0.522. The summed E-state index contributed by atoms with van der Waals surface area (Å²) in [6, 6.07) is 16.1. The third-order valence-corrected chi connectivity index (χ3v) is 9.04. The highest BCUT2D eigenvalue weighted by Gasteiger charge is 2.40. The summed E-state index contributed by atoms with van der Waals surface area (Å²) in [6.07, 6.45) is 9.23. The maximum atomic E-state index is 11.5. The summed E-state index contributed by atoms with van der Waals surface area (Å²) in [5, 5.41) is 31.4. The van der Waals surface area contributed by atoms with Gasteiger partial charge in [-0.3, -0.25) is 20.0 Å². The molecule has 3 unspecified atom stereocenters. The summed E-state index contributed by atoms with van der Waals surface area (Å²) in [7, 11) is 0. The number of carbonyl (C=O) groups is 1. The first-order valence-corrected chi connectivity index (χ1v) is 16.6. The van der Waals surface area contributed by atoms with Crippen molar-refractivity contribution < 1.29 is 34.0 Å². The van der Waals surface area contributed by atoms with Gasteiger partial charge in [-0.1, -0.05) is 61.0 Å². The number of aliphatic carboxylic acids is 1. The van der Waals surface area contributed by atoms with E-state index in [4.69, 9.17) is 30.5 Å². The van der Waals surface area contributed by atoms with Crippen molar-refractivity contribution in [3.63, 3.8) is 0 Å². The summed E-state index contributed by atoms with van der Waals surface area (Å²) < 4.78 is 24.9. The normalized spacial score (nSPS) is 19.9. The van der Waals surface area contributed by atoms with Gasteiger partial charge in [0.05, 0.1) is 37.0 Å². The number of nitrogens with zero attached hydrogens (tertiary/aromatic N) is 3. The average molecular weight is 689 g/mol.